The largest absolute Gasteiger partial charge is 0.383 e. The maximum atomic E-state index is 13.0. The number of carbonyl (C=O) groups is 1. The average molecular weight is 342 g/mol. The van der Waals surface area contributed by atoms with Gasteiger partial charge in [-0.3, -0.25) is 4.79 Å². The molecule has 1 aliphatic rings. The Hall–Kier alpha value is -2.18. The number of carbonyl (C=O) groups excluding carboxylic acids is 1. The summed E-state index contributed by atoms with van der Waals surface area (Å²) in [6, 6.07) is 7.48. The van der Waals surface area contributed by atoms with E-state index in [4.69, 9.17) is 10.5 Å². The second-order valence-electron chi connectivity index (χ2n) is 7.20. The average Bonchev–Trinajstić information content (AvgIpc) is 3.05. The quantitative estimate of drug-likeness (QED) is 0.873. The summed E-state index contributed by atoms with van der Waals surface area (Å²) in [5.41, 5.74) is 7.33. The Kier molecular flexibility index (Phi) is 4.92. The summed E-state index contributed by atoms with van der Waals surface area (Å²) in [5.74, 6) is 0.953. The number of hydrogen-bond acceptors (Lipinski definition) is 4. The Morgan fingerprint density at radius 3 is 2.68 bits per heavy atom. The highest BCUT2D eigenvalue weighted by Gasteiger charge is 2.51. The van der Waals surface area contributed by atoms with Gasteiger partial charge < -0.3 is 19.9 Å². The molecule has 1 aliphatic heterocycles. The summed E-state index contributed by atoms with van der Waals surface area (Å²) in [6.45, 7) is 6.89. The first-order chi connectivity index (χ1) is 12.0. The van der Waals surface area contributed by atoms with E-state index < -0.39 is 0 Å². The highest BCUT2D eigenvalue weighted by atomic mass is 16.5. The van der Waals surface area contributed by atoms with E-state index in [1.165, 1.54) is 0 Å². The molecular weight excluding hydrogens is 316 g/mol. The van der Waals surface area contributed by atoms with Crippen LogP contribution >= 0.6 is 0 Å². The molecule has 2 aromatic rings. The van der Waals surface area contributed by atoms with E-state index in [9.17, 15) is 4.79 Å². The summed E-state index contributed by atoms with van der Waals surface area (Å²) >= 11 is 0. The summed E-state index contributed by atoms with van der Waals surface area (Å²) < 4.78 is 7.26. The van der Waals surface area contributed by atoms with Crippen LogP contribution in [0, 0.1) is 5.41 Å². The van der Waals surface area contributed by atoms with Crippen molar-refractivity contribution in [1.82, 2.24) is 14.5 Å². The number of amides is 1. The van der Waals surface area contributed by atoms with Crippen LogP contribution in [0.1, 0.15) is 41.6 Å². The number of aromatic nitrogens is 2. The molecule has 0 bridgehead atoms. The normalized spacial score (nSPS) is 18.9. The number of ether oxygens (including phenoxy) is 1. The Morgan fingerprint density at radius 1 is 1.36 bits per heavy atom. The number of nitrogens with two attached hydrogens (primary N) is 1. The van der Waals surface area contributed by atoms with Crippen molar-refractivity contribution in [1.29, 1.82) is 0 Å². The highest BCUT2D eigenvalue weighted by molar-refractivity contribution is 5.95. The van der Waals surface area contributed by atoms with Crippen molar-refractivity contribution in [3.8, 4) is 0 Å². The third-order valence-electron chi connectivity index (χ3n) is 4.86. The molecule has 1 aromatic carbocycles. The van der Waals surface area contributed by atoms with Gasteiger partial charge in [0.15, 0.2) is 0 Å². The zero-order valence-electron chi connectivity index (χ0n) is 15.1. The van der Waals surface area contributed by atoms with E-state index in [1.807, 2.05) is 35.4 Å². The van der Waals surface area contributed by atoms with Crippen molar-refractivity contribution < 1.29 is 9.53 Å². The van der Waals surface area contributed by atoms with E-state index in [2.05, 4.69) is 23.4 Å². The number of nitrogens with zero attached hydrogens (tertiary/aromatic N) is 3. The van der Waals surface area contributed by atoms with E-state index >= 15 is 0 Å². The van der Waals surface area contributed by atoms with E-state index in [0.717, 1.165) is 17.9 Å². The van der Waals surface area contributed by atoms with Gasteiger partial charge in [-0.1, -0.05) is 26.0 Å². The molecule has 6 heteroatoms. The van der Waals surface area contributed by atoms with Gasteiger partial charge in [0.05, 0.1) is 12.6 Å². The van der Waals surface area contributed by atoms with Gasteiger partial charge >= 0.3 is 0 Å². The van der Waals surface area contributed by atoms with Crippen molar-refractivity contribution in [2.75, 3.05) is 20.3 Å². The monoisotopic (exact) mass is 342 g/mol. The number of rotatable bonds is 6. The van der Waals surface area contributed by atoms with E-state index in [-0.39, 0.29) is 17.4 Å². The third-order valence-corrected chi connectivity index (χ3v) is 4.86. The number of benzene rings is 1. The minimum Gasteiger partial charge on any atom is -0.383 e. The molecule has 25 heavy (non-hydrogen) atoms. The van der Waals surface area contributed by atoms with Crippen LogP contribution in [0.25, 0.3) is 0 Å². The molecule has 2 N–H and O–H groups in total. The Morgan fingerprint density at radius 2 is 2.08 bits per heavy atom. The molecule has 0 aliphatic carbocycles. The number of methoxy groups -OCH3 is 1. The predicted octanol–water partition coefficient (Wildman–Crippen LogP) is 2.21. The van der Waals surface area contributed by atoms with Crippen LogP contribution in [-0.4, -0.2) is 40.6 Å². The Balaban J connectivity index is 1.84. The topological polar surface area (TPSA) is 73.4 Å². The lowest BCUT2D eigenvalue weighted by molar-refractivity contribution is -0.0382. The van der Waals surface area contributed by atoms with Crippen LogP contribution in [0.2, 0.25) is 0 Å². The van der Waals surface area contributed by atoms with Crippen LogP contribution in [0.4, 0.5) is 0 Å². The lowest BCUT2D eigenvalue weighted by Gasteiger charge is -2.53. The van der Waals surface area contributed by atoms with Gasteiger partial charge in [0.2, 0.25) is 0 Å². The van der Waals surface area contributed by atoms with Crippen LogP contribution in [0.3, 0.4) is 0 Å². The fourth-order valence-electron chi connectivity index (χ4n) is 3.50. The van der Waals surface area contributed by atoms with Crippen molar-refractivity contribution in [3.63, 3.8) is 0 Å². The summed E-state index contributed by atoms with van der Waals surface area (Å²) in [4.78, 5) is 19.4. The maximum Gasteiger partial charge on any atom is 0.254 e. The van der Waals surface area contributed by atoms with Crippen molar-refractivity contribution in [2.24, 2.45) is 11.1 Å². The third kappa shape index (κ3) is 3.32. The van der Waals surface area contributed by atoms with Crippen molar-refractivity contribution >= 4 is 5.91 Å². The molecule has 0 spiro atoms. The van der Waals surface area contributed by atoms with Crippen LogP contribution in [0.5, 0.6) is 0 Å². The molecule has 1 atom stereocenters. The van der Waals surface area contributed by atoms with Gasteiger partial charge in [0.25, 0.3) is 5.91 Å². The molecule has 0 saturated carbocycles. The number of likely N-dealkylation sites (tertiary alicyclic amines) is 1. The fourth-order valence-corrected chi connectivity index (χ4v) is 3.50. The standard InChI is InChI=1S/C19H26N4O2/c1-19(2)13-23(18(24)15-6-4-14(12-20)5-7-15)16(19)17-21-8-9-22(17)10-11-25-3/h4-9,16H,10-13,20H2,1-3H3. The van der Waals surface area contributed by atoms with Gasteiger partial charge in [-0.15, -0.1) is 0 Å². The lowest BCUT2D eigenvalue weighted by Crippen LogP contribution is -2.58. The molecule has 2 heterocycles. The van der Waals surface area contributed by atoms with Gasteiger partial charge in [0, 0.05) is 50.1 Å². The molecule has 0 radical (unpaired) electrons. The molecule has 1 saturated heterocycles. The summed E-state index contributed by atoms with van der Waals surface area (Å²) in [5, 5.41) is 0. The second kappa shape index (κ2) is 6.98. The van der Waals surface area contributed by atoms with Crippen LogP contribution in [0.15, 0.2) is 36.7 Å². The highest BCUT2D eigenvalue weighted by Crippen LogP contribution is 2.48. The predicted molar refractivity (Wildman–Crippen MR) is 96.0 cm³/mol. The van der Waals surface area contributed by atoms with Crippen molar-refractivity contribution in [2.45, 2.75) is 33.0 Å². The van der Waals surface area contributed by atoms with E-state index in [1.54, 1.807) is 13.3 Å². The number of imidazole rings is 1. The first-order valence-electron chi connectivity index (χ1n) is 8.58. The zero-order chi connectivity index (χ0) is 18.0. The molecule has 3 rings (SSSR count). The first-order valence-corrected chi connectivity index (χ1v) is 8.58. The fraction of sp³-hybridized carbons (Fsp3) is 0.474. The lowest BCUT2D eigenvalue weighted by atomic mass is 9.74. The molecular formula is C19H26N4O2. The van der Waals surface area contributed by atoms with E-state index in [0.29, 0.717) is 25.3 Å². The van der Waals surface area contributed by atoms with Gasteiger partial charge in [-0.05, 0) is 17.7 Å². The minimum absolute atomic E-state index is 0.0109. The molecule has 134 valence electrons. The Labute approximate surface area is 148 Å². The molecule has 1 amide bonds. The minimum atomic E-state index is -0.0407. The Bertz CT molecular complexity index is 736. The molecule has 1 unspecified atom stereocenters. The van der Waals surface area contributed by atoms with Crippen LogP contribution in [-0.2, 0) is 17.8 Å². The maximum absolute atomic E-state index is 13.0. The van der Waals surface area contributed by atoms with Gasteiger partial charge in [-0.25, -0.2) is 4.98 Å². The molecule has 1 aromatic heterocycles. The summed E-state index contributed by atoms with van der Waals surface area (Å²) in [7, 11) is 1.69. The van der Waals surface area contributed by atoms with Crippen molar-refractivity contribution in [3.05, 3.63) is 53.6 Å². The SMILES string of the molecule is COCCn1ccnc1C1N(C(=O)c2ccc(CN)cc2)CC1(C)C. The second-order valence-corrected chi connectivity index (χ2v) is 7.20. The molecule has 6 nitrogen and oxygen atoms in total. The zero-order valence-corrected chi connectivity index (χ0v) is 15.1. The number of hydrogen-bond donors (Lipinski definition) is 1. The summed E-state index contributed by atoms with van der Waals surface area (Å²) in [6.07, 6.45) is 3.74. The molecule has 1 fully saturated rings. The van der Waals surface area contributed by atoms with Gasteiger partial charge in [0.1, 0.15) is 5.82 Å². The van der Waals surface area contributed by atoms with Gasteiger partial charge in [-0.2, -0.15) is 0 Å². The first kappa shape index (κ1) is 17.6. The van der Waals surface area contributed by atoms with Crippen LogP contribution < -0.4 is 5.73 Å². The smallest absolute Gasteiger partial charge is 0.254 e.